The Morgan fingerprint density at radius 2 is 1.96 bits per heavy atom. The first kappa shape index (κ1) is 16.3. The molecule has 2 N–H and O–H groups in total. The zero-order valence-corrected chi connectivity index (χ0v) is 14.9. The molecule has 1 aliphatic rings. The maximum Gasteiger partial charge on any atom is 0.282 e. The number of primary amides is 1. The summed E-state index contributed by atoms with van der Waals surface area (Å²) in [7, 11) is 0. The van der Waals surface area contributed by atoms with Crippen LogP contribution >= 0.6 is 23.1 Å². The molecular formula is C18H19NO2S2. The van der Waals surface area contributed by atoms with Crippen molar-refractivity contribution in [2.75, 3.05) is 0 Å². The fourth-order valence-corrected chi connectivity index (χ4v) is 5.42. The third-order valence-electron chi connectivity index (χ3n) is 4.02. The van der Waals surface area contributed by atoms with Gasteiger partial charge in [-0.05, 0) is 34.7 Å². The van der Waals surface area contributed by atoms with Crippen LogP contribution < -0.4 is 5.73 Å². The summed E-state index contributed by atoms with van der Waals surface area (Å²) < 4.78 is 0.888. The molecule has 1 aliphatic carbocycles. The molecule has 1 amide bonds. The molecule has 23 heavy (non-hydrogen) atoms. The summed E-state index contributed by atoms with van der Waals surface area (Å²) >= 11 is 2.60. The fourth-order valence-electron chi connectivity index (χ4n) is 3.12. The second kappa shape index (κ2) is 6.13. The Bertz CT molecular complexity index is 763. The molecule has 3 nitrogen and oxygen atoms in total. The van der Waals surface area contributed by atoms with Gasteiger partial charge in [0.25, 0.3) is 5.24 Å². The van der Waals surface area contributed by atoms with Crippen LogP contribution in [0.25, 0.3) is 0 Å². The Hall–Kier alpha value is -1.59. The van der Waals surface area contributed by atoms with E-state index in [9.17, 15) is 9.59 Å². The average Bonchev–Trinajstić information content (AvgIpc) is 2.75. The van der Waals surface area contributed by atoms with E-state index in [2.05, 4.69) is 26.0 Å². The van der Waals surface area contributed by atoms with Gasteiger partial charge in [-0.1, -0.05) is 44.2 Å². The van der Waals surface area contributed by atoms with Gasteiger partial charge in [0, 0.05) is 23.3 Å². The molecule has 0 atom stereocenters. The molecule has 0 saturated carbocycles. The van der Waals surface area contributed by atoms with Gasteiger partial charge in [0.2, 0.25) is 0 Å². The largest absolute Gasteiger partial charge is 0.360 e. The highest BCUT2D eigenvalue weighted by molar-refractivity contribution is 8.15. The van der Waals surface area contributed by atoms with E-state index < -0.39 is 5.24 Å². The Balaban J connectivity index is 2.05. The number of carbonyl (C=O) groups excluding carboxylic acids is 2. The fraction of sp³-hybridized carbons (Fsp3) is 0.333. The van der Waals surface area contributed by atoms with E-state index in [1.54, 1.807) is 11.3 Å². The van der Waals surface area contributed by atoms with Gasteiger partial charge in [-0.2, -0.15) is 0 Å². The maximum absolute atomic E-state index is 12.7. The second-order valence-electron chi connectivity index (χ2n) is 6.69. The molecule has 0 bridgehead atoms. The first-order valence-corrected chi connectivity index (χ1v) is 9.18. The molecule has 0 radical (unpaired) electrons. The second-order valence-corrected chi connectivity index (χ2v) is 9.07. The summed E-state index contributed by atoms with van der Waals surface area (Å²) in [5.41, 5.74) is 8.33. The highest BCUT2D eigenvalue weighted by Gasteiger charge is 2.36. The summed E-state index contributed by atoms with van der Waals surface area (Å²) in [4.78, 5) is 25.1. The Morgan fingerprint density at radius 3 is 2.61 bits per heavy atom. The number of hydrogen-bond acceptors (Lipinski definition) is 4. The quantitative estimate of drug-likeness (QED) is 0.823. The zero-order valence-electron chi connectivity index (χ0n) is 13.2. The van der Waals surface area contributed by atoms with E-state index in [1.807, 2.05) is 18.2 Å². The normalized spacial score (nSPS) is 16.2. The molecule has 120 valence electrons. The minimum absolute atomic E-state index is 0.0673. The van der Waals surface area contributed by atoms with Crippen molar-refractivity contribution < 1.29 is 9.59 Å². The van der Waals surface area contributed by atoms with E-state index in [0.717, 1.165) is 44.8 Å². The lowest BCUT2D eigenvalue weighted by Gasteiger charge is -2.29. The van der Waals surface area contributed by atoms with E-state index in [0.29, 0.717) is 6.42 Å². The average molecular weight is 345 g/mol. The predicted molar refractivity (Wildman–Crippen MR) is 95.4 cm³/mol. The van der Waals surface area contributed by atoms with E-state index in [4.69, 9.17) is 5.73 Å². The van der Waals surface area contributed by atoms with Gasteiger partial charge in [0.15, 0.2) is 5.78 Å². The summed E-state index contributed by atoms with van der Waals surface area (Å²) in [6, 6.07) is 10.1. The third-order valence-corrected chi connectivity index (χ3v) is 6.18. The van der Waals surface area contributed by atoms with Crippen LogP contribution in [0.1, 0.15) is 46.6 Å². The zero-order chi connectivity index (χ0) is 16.6. The van der Waals surface area contributed by atoms with E-state index >= 15 is 0 Å². The maximum atomic E-state index is 12.7. The van der Waals surface area contributed by atoms with Crippen LogP contribution in [-0.4, -0.2) is 11.0 Å². The van der Waals surface area contributed by atoms with Crippen molar-refractivity contribution in [3.8, 4) is 0 Å². The number of thioether (sulfide) groups is 1. The molecule has 0 spiro atoms. The Kier molecular flexibility index (Phi) is 4.34. The standard InChI is InChI=1S/C18H19NO2S2/c1-18(2)9-12-15(13(20)10-18)14(22-16(12)23-17(19)21)8-11-6-4-3-5-7-11/h3-7H,8-10H2,1-2H3,(H2,19,21). The van der Waals surface area contributed by atoms with Crippen molar-refractivity contribution in [2.45, 2.75) is 37.3 Å². The van der Waals surface area contributed by atoms with Crippen molar-refractivity contribution in [1.82, 2.24) is 0 Å². The monoisotopic (exact) mass is 345 g/mol. The number of amides is 1. The molecular weight excluding hydrogens is 326 g/mol. The van der Waals surface area contributed by atoms with Gasteiger partial charge in [0.1, 0.15) is 0 Å². The number of hydrogen-bond donors (Lipinski definition) is 1. The van der Waals surface area contributed by atoms with E-state index in [-0.39, 0.29) is 11.2 Å². The lowest BCUT2D eigenvalue weighted by atomic mass is 9.74. The van der Waals surface area contributed by atoms with Gasteiger partial charge in [0.05, 0.1) is 4.21 Å². The lowest BCUT2D eigenvalue weighted by Crippen LogP contribution is -2.27. The van der Waals surface area contributed by atoms with Gasteiger partial charge in [-0.15, -0.1) is 11.3 Å². The highest BCUT2D eigenvalue weighted by Crippen LogP contribution is 2.45. The summed E-state index contributed by atoms with van der Waals surface area (Å²) in [5.74, 6) is 0.190. The summed E-state index contributed by atoms with van der Waals surface area (Å²) in [6.07, 6.45) is 2.09. The van der Waals surface area contributed by atoms with Crippen LogP contribution in [0.3, 0.4) is 0 Å². The van der Waals surface area contributed by atoms with Crippen LogP contribution in [0, 0.1) is 5.41 Å². The predicted octanol–water partition coefficient (Wildman–Crippen LogP) is 4.66. The number of fused-ring (bicyclic) bond motifs is 1. The molecule has 0 fully saturated rings. The van der Waals surface area contributed by atoms with Gasteiger partial charge < -0.3 is 5.73 Å². The Labute approximate surface area is 144 Å². The lowest BCUT2D eigenvalue weighted by molar-refractivity contribution is 0.0911. The molecule has 1 aromatic carbocycles. The minimum Gasteiger partial charge on any atom is -0.360 e. The highest BCUT2D eigenvalue weighted by atomic mass is 32.2. The van der Waals surface area contributed by atoms with Crippen LogP contribution in [0.4, 0.5) is 4.79 Å². The molecule has 5 heteroatoms. The number of carbonyl (C=O) groups is 2. The first-order chi connectivity index (χ1) is 10.9. The van der Waals surface area contributed by atoms with Crippen molar-refractivity contribution in [3.63, 3.8) is 0 Å². The molecule has 0 unspecified atom stereocenters. The molecule has 1 heterocycles. The van der Waals surface area contributed by atoms with Gasteiger partial charge >= 0.3 is 0 Å². The topological polar surface area (TPSA) is 60.2 Å². The number of ketones is 1. The van der Waals surface area contributed by atoms with Crippen molar-refractivity contribution in [2.24, 2.45) is 11.1 Å². The van der Waals surface area contributed by atoms with Crippen LogP contribution in [0.15, 0.2) is 34.5 Å². The molecule has 1 aromatic heterocycles. The van der Waals surface area contributed by atoms with Gasteiger partial charge in [-0.3, -0.25) is 9.59 Å². The minimum atomic E-state index is -0.420. The van der Waals surface area contributed by atoms with Gasteiger partial charge in [-0.25, -0.2) is 0 Å². The SMILES string of the molecule is CC1(C)CC(=O)c2c(Cc3ccccc3)sc(SC(N)=O)c2C1. The molecule has 3 rings (SSSR count). The number of benzene rings is 1. The smallest absolute Gasteiger partial charge is 0.282 e. The molecule has 0 saturated heterocycles. The van der Waals surface area contributed by atoms with Crippen LogP contribution in [-0.2, 0) is 12.8 Å². The number of Topliss-reactive ketones (excluding diaryl/α,β-unsaturated/α-hetero) is 1. The number of rotatable bonds is 3. The summed E-state index contributed by atoms with van der Waals surface area (Å²) in [5, 5.41) is -0.420. The molecule has 2 aromatic rings. The first-order valence-electron chi connectivity index (χ1n) is 7.55. The third kappa shape index (κ3) is 3.51. The van der Waals surface area contributed by atoms with Crippen molar-refractivity contribution in [3.05, 3.63) is 51.9 Å². The van der Waals surface area contributed by atoms with Crippen molar-refractivity contribution >= 4 is 34.1 Å². The van der Waals surface area contributed by atoms with Crippen LogP contribution in [0.2, 0.25) is 0 Å². The summed E-state index contributed by atoms with van der Waals surface area (Å²) in [6.45, 7) is 4.20. The number of thiophene rings is 1. The van der Waals surface area contributed by atoms with Crippen LogP contribution in [0.5, 0.6) is 0 Å². The van der Waals surface area contributed by atoms with Crippen molar-refractivity contribution in [1.29, 1.82) is 0 Å². The number of nitrogens with two attached hydrogens (primary N) is 1. The van der Waals surface area contributed by atoms with E-state index in [1.165, 1.54) is 5.56 Å². The Morgan fingerprint density at radius 1 is 1.26 bits per heavy atom. The molecule has 0 aliphatic heterocycles.